The van der Waals surface area contributed by atoms with Gasteiger partial charge in [-0.15, -0.1) is 0 Å². The zero-order valence-electron chi connectivity index (χ0n) is 10.7. The minimum absolute atomic E-state index is 0.0444. The maximum atomic E-state index is 6.28. The molecule has 0 radical (unpaired) electrons. The molecule has 0 amide bonds. The van der Waals surface area contributed by atoms with Crippen molar-refractivity contribution >= 4 is 15.9 Å². The molecule has 96 valence electrons. The van der Waals surface area contributed by atoms with Gasteiger partial charge in [0.05, 0.1) is 12.2 Å². The lowest BCUT2D eigenvalue weighted by Crippen LogP contribution is -2.33. The molecule has 0 saturated heterocycles. The Labute approximate surface area is 116 Å². The molecular weight excluding hydrogens is 290 g/mol. The Morgan fingerprint density at radius 3 is 2.67 bits per heavy atom. The summed E-state index contributed by atoms with van der Waals surface area (Å²) in [5.74, 6) is 0. The van der Waals surface area contributed by atoms with Crippen LogP contribution >= 0.6 is 15.9 Å². The number of hydrogen-bond donors (Lipinski definition) is 1. The van der Waals surface area contributed by atoms with Crippen molar-refractivity contribution in [3.05, 3.63) is 52.3 Å². The molecule has 1 aromatic heterocycles. The van der Waals surface area contributed by atoms with Gasteiger partial charge in [0, 0.05) is 16.7 Å². The molecule has 0 aliphatic rings. The second kappa shape index (κ2) is 5.67. The van der Waals surface area contributed by atoms with Gasteiger partial charge in [-0.2, -0.15) is 5.10 Å². The molecule has 0 aliphatic carbocycles. The summed E-state index contributed by atoms with van der Waals surface area (Å²) in [5, 5.41) is 4.42. The molecule has 1 aromatic carbocycles. The molecule has 2 unspecified atom stereocenters. The highest BCUT2D eigenvalue weighted by atomic mass is 79.9. The van der Waals surface area contributed by atoms with E-state index in [1.165, 1.54) is 5.56 Å². The van der Waals surface area contributed by atoms with Gasteiger partial charge in [-0.05, 0) is 30.5 Å². The molecule has 0 fully saturated rings. The first-order valence-electron chi connectivity index (χ1n) is 6.14. The highest BCUT2D eigenvalue weighted by Gasteiger charge is 2.22. The van der Waals surface area contributed by atoms with E-state index >= 15 is 0 Å². The quantitative estimate of drug-likeness (QED) is 0.942. The van der Waals surface area contributed by atoms with Crippen molar-refractivity contribution in [3.63, 3.8) is 0 Å². The maximum Gasteiger partial charge on any atom is 0.0930 e. The molecule has 0 saturated carbocycles. The van der Waals surface area contributed by atoms with Crippen molar-refractivity contribution in [2.24, 2.45) is 5.73 Å². The average molecular weight is 308 g/mol. The number of aryl methyl sites for hydroxylation is 1. The van der Waals surface area contributed by atoms with Crippen molar-refractivity contribution in [1.29, 1.82) is 0 Å². The van der Waals surface area contributed by atoms with Crippen LogP contribution in [0.15, 0.2) is 41.1 Å². The van der Waals surface area contributed by atoms with Crippen molar-refractivity contribution in [3.8, 4) is 0 Å². The fourth-order valence-electron chi connectivity index (χ4n) is 2.09. The second-order valence-electron chi connectivity index (χ2n) is 4.54. The smallest absolute Gasteiger partial charge is 0.0930 e. The van der Waals surface area contributed by atoms with Gasteiger partial charge in [0.15, 0.2) is 0 Å². The van der Waals surface area contributed by atoms with Gasteiger partial charge in [-0.1, -0.05) is 41.1 Å². The van der Waals surface area contributed by atoms with E-state index in [9.17, 15) is 0 Å². The molecule has 1 heterocycles. The summed E-state index contributed by atoms with van der Waals surface area (Å²) in [5.41, 5.74) is 8.60. The third-order valence-corrected chi connectivity index (χ3v) is 3.84. The summed E-state index contributed by atoms with van der Waals surface area (Å²) in [6.07, 6.45) is 4.82. The Kier molecular flexibility index (Phi) is 4.19. The summed E-state index contributed by atoms with van der Waals surface area (Å²) < 4.78 is 3.04. The second-order valence-corrected chi connectivity index (χ2v) is 5.39. The fourth-order valence-corrected chi connectivity index (χ4v) is 2.61. The standard InChI is InChI=1S/C14H18BrN3/c1-3-13(16)14(18-9-10(2)8-17-18)11-6-4-5-7-12(11)15/h4-9,13-14H,3,16H2,1-2H3. The number of hydrogen-bond acceptors (Lipinski definition) is 2. The summed E-state index contributed by atoms with van der Waals surface area (Å²) in [7, 11) is 0. The first kappa shape index (κ1) is 13.3. The Morgan fingerprint density at radius 1 is 1.39 bits per heavy atom. The maximum absolute atomic E-state index is 6.28. The van der Waals surface area contributed by atoms with Crippen molar-refractivity contribution in [2.45, 2.75) is 32.4 Å². The van der Waals surface area contributed by atoms with E-state index < -0.39 is 0 Å². The predicted molar refractivity (Wildman–Crippen MR) is 77.5 cm³/mol. The number of aromatic nitrogens is 2. The van der Waals surface area contributed by atoms with Gasteiger partial charge in [0.25, 0.3) is 0 Å². The Balaban J connectivity index is 2.47. The van der Waals surface area contributed by atoms with E-state index in [2.05, 4.69) is 34.0 Å². The van der Waals surface area contributed by atoms with Crippen LogP contribution in [0.4, 0.5) is 0 Å². The van der Waals surface area contributed by atoms with E-state index in [0.29, 0.717) is 0 Å². The van der Waals surface area contributed by atoms with Crippen LogP contribution in [0.5, 0.6) is 0 Å². The molecule has 2 N–H and O–H groups in total. The summed E-state index contributed by atoms with van der Waals surface area (Å²) in [6, 6.07) is 8.30. The van der Waals surface area contributed by atoms with Gasteiger partial charge in [0.2, 0.25) is 0 Å². The fraction of sp³-hybridized carbons (Fsp3) is 0.357. The molecule has 2 rings (SSSR count). The number of rotatable bonds is 4. The van der Waals surface area contributed by atoms with Crippen LogP contribution in [0.25, 0.3) is 0 Å². The van der Waals surface area contributed by atoms with Gasteiger partial charge in [-0.25, -0.2) is 0 Å². The number of benzene rings is 1. The van der Waals surface area contributed by atoms with Crippen LogP contribution in [0.1, 0.15) is 30.5 Å². The van der Waals surface area contributed by atoms with Crippen LogP contribution in [0, 0.1) is 6.92 Å². The van der Waals surface area contributed by atoms with Crippen molar-refractivity contribution in [2.75, 3.05) is 0 Å². The lowest BCUT2D eigenvalue weighted by molar-refractivity contribution is 0.422. The molecule has 3 nitrogen and oxygen atoms in total. The van der Waals surface area contributed by atoms with Crippen LogP contribution in [-0.2, 0) is 0 Å². The predicted octanol–water partition coefficient (Wildman–Crippen LogP) is 3.28. The molecule has 4 heteroatoms. The SMILES string of the molecule is CCC(N)C(c1ccccc1Br)n1cc(C)cn1. The van der Waals surface area contributed by atoms with Gasteiger partial charge in [0.1, 0.15) is 0 Å². The molecular formula is C14H18BrN3. The van der Waals surface area contributed by atoms with E-state index in [0.717, 1.165) is 16.5 Å². The summed E-state index contributed by atoms with van der Waals surface area (Å²) >= 11 is 3.60. The topological polar surface area (TPSA) is 43.8 Å². The third-order valence-electron chi connectivity index (χ3n) is 3.12. The molecule has 2 aromatic rings. The Hall–Kier alpha value is -1.13. The lowest BCUT2D eigenvalue weighted by atomic mass is 9.98. The Morgan fingerprint density at radius 2 is 2.11 bits per heavy atom. The minimum Gasteiger partial charge on any atom is -0.326 e. The van der Waals surface area contributed by atoms with Gasteiger partial charge in [-0.3, -0.25) is 4.68 Å². The van der Waals surface area contributed by atoms with Gasteiger partial charge >= 0.3 is 0 Å². The molecule has 0 aliphatic heterocycles. The van der Waals surface area contributed by atoms with Crippen LogP contribution < -0.4 is 5.73 Å². The molecule has 0 bridgehead atoms. The van der Waals surface area contributed by atoms with E-state index in [4.69, 9.17) is 5.73 Å². The molecule has 0 spiro atoms. The van der Waals surface area contributed by atoms with E-state index in [1.54, 1.807) is 0 Å². The van der Waals surface area contributed by atoms with Crippen molar-refractivity contribution in [1.82, 2.24) is 9.78 Å². The minimum atomic E-state index is 0.0444. The largest absolute Gasteiger partial charge is 0.326 e. The third kappa shape index (κ3) is 2.65. The summed E-state index contributed by atoms with van der Waals surface area (Å²) in [4.78, 5) is 0. The zero-order chi connectivity index (χ0) is 13.1. The van der Waals surface area contributed by atoms with Crippen LogP contribution in [-0.4, -0.2) is 15.8 Å². The summed E-state index contributed by atoms with van der Waals surface area (Å²) in [6.45, 7) is 4.14. The van der Waals surface area contributed by atoms with Gasteiger partial charge < -0.3 is 5.73 Å². The lowest BCUT2D eigenvalue weighted by Gasteiger charge is -2.25. The average Bonchev–Trinajstić information content (AvgIpc) is 2.78. The molecule has 18 heavy (non-hydrogen) atoms. The zero-order valence-corrected chi connectivity index (χ0v) is 12.3. The number of halogens is 1. The monoisotopic (exact) mass is 307 g/mol. The van der Waals surface area contributed by atoms with E-state index in [1.807, 2.05) is 42.2 Å². The first-order valence-corrected chi connectivity index (χ1v) is 6.93. The number of nitrogens with zero attached hydrogens (tertiary/aromatic N) is 2. The van der Waals surface area contributed by atoms with Crippen LogP contribution in [0.2, 0.25) is 0 Å². The first-order chi connectivity index (χ1) is 8.63. The molecule has 2 atom stereocenters. The van der Waals surface area contributed by atoms with E-state index in [-0.39, 0.29) is 12.1 Å². The normalized spacial score (nSPS) is 14.4. The highest BCUT2D eigenvalue weighted by molar-refractivity contribution is 9.10. The highest BCUT2D eigenvalue weighted by Crippen LogP contribution is 2.29. The van der Waals surface area contributed by atoms with Crippen LogP contribution in [0.3, 0.4) is 0 Å². The number of nitrogens with two attached hydrogens (primary N) is 1. The Bertz CT molecular complexity index is 521. The van der Waals surface area contributed by atoms with Crippen molar-refractivity contribution < 1.29 is 0 Å².